The summed E-state index contributed by atoms with van der Waals surface area (Å²) in [5.74, 6) is 1.20. The second kappa shape index (κ2) is 7.16. The first-order chi connectivity index (χ1) is 10.4. The summed E-state index contributed by atoms with van der Waals surface area (Å²) in [6.07, 6.45) is 0. The molecule has 4 nitrogen and oxygen atoms in total. The number of benzene rings is 1. The van der Waals surface area contributed by atoms with Gasteiger partial charge in [-0.15, -0.1) is 0 Å². The molecular weight excluding hydrogens is 323 g/mol. The van der Waals surface area contributed by atoms with Crippen LogP contribution in [0.5, 0.6) is 5.75 Å². The van der Waals surface area contributed by atoms with Gasteiger partial charge in [-0.2, -0.15) is 5.10 Å². The van der Waals surface area contributed by atoms with Gasteiger partial charge in [-0.05, 0) is 48.7 Å². The van der Waals surface area contributed by atoms with Crippen LogP contribution in [0.15, 0.2) is 24.3 Å². The maximum atomic E-state index is 11.2. The number of carbonyl (C=O) groups excluding carboxylic acids is 1. The van der Waals surface area contributed by atoms with Crippen molar-refractivity contribution in [1.82, 2.24) is 9.78 Å². The van der Waals surface area contributed by atoms with Crippen molar-refractivity contribution < 1.29 is 9.53 Å². The van der Waals surface area contributed by atoms with Gasteiger partial charge in [-0.1, -0.05) is 25.4 Å². The summed E-state index contributed by atoms with van der Waals surface area (Å²) < 4.78 is 7.54. The Labute approximate surface area is 140 Å². The SMILES string of the molecule is Cc1cc(C(=O)Cl)nn1Cc1cc(Cl)ccc1OCC(C)C. The second-order valence-electron chi connectivity index (χ2n) is 5.56. The lowest BCUT2D eigenvalue weighted by molar-refractivity contribution is 0.107. The first-order valence-corrected chi connectivity index (χ1v) is 7.78. The van der Waals surface area contributed by atoms with E-state index in [1.807, 2.05) is 19.1 Å². The Morgan fingerprint density at radius 1 is 1.36 bits per heavy atom. The van der Waals surface area contributed by atoms with Crippen molar-refractivity contribution >= 4 is 28.4 Å². The molecule has 0 saturated heterocycles. The zero-order chi connectivity index (χ0) is 16.3. The van der Waals surface area contributed by atoms with Crippen LogP contribution in [-0.2, 0) is 6.54 Å². The van der Waals surface area contributed by atoms with E-state index in [4.69, 9.17) is 27.9 Å². The number of nitrogens with zero attached hydrogens (tertiary/aromatic N) is 2. The van der Waals surface area contributed by atoms with Gasteiger partial charge in [0, 0.05) is 16.3 Å². The summed E-state index contributed by atoms with van der Waals surface area (Å²) in [6.45, 7) is 7.13. The number of aryl methyl sites for hydroxylation is 1. The van der Waals surface area contributed by atoms with Crippen LogP contribution >= 0.6 is 23.2 Å². The van der Waals surface area contributed by atoms with Crippen LogP contribution < -0.4 is 4.74 Å². The third-order valence-corrected chi connectivity index (χ3v) is 3.53. The van der Waals surface area contributed by atoms with Crippen molar-refractivity contribution in [3.8, 4) is 5.75 Å². The Kier molecular flexibility index (Phi) is 5.48. The number of hydrogen-bond donors (Lipinski definition) is 0. The van der Waals surface area contributed by atoms with E-state index in [1.54, 1.807) is 16.8 Å². The van der Waals surface area contributed by atoms with E-state index >= 15 is 0 Å². The zero-order valence-corrected chi connectivity index (χ0v) is 14.3. The number of halogens is 2. The fourth-order valence-corrected chi connectivity index (χ4v) is 2.28. The fourth-order valence-electron chi connectivity index (χ4n) is 2.00. The van der Waals surface area contributed by atoms with Gasteiger partial charge in [0.15, 0.2) is 0 Å². The summed E-state index contributed by atoms with van der Waals surface area (Å²) in [4.78, 5) is 11.2. The van der Waals surface area contributed by atoms with Crippen molar-refractivity contribution in [3.63, 3.8) is 0 Å². The van der Waals surface area contributed by atoms with Gasteiger partial charge in [0.1, 0.15) is 11.4 Å². The van der Waals surface area contributed by atoms with Crippen LogP contribution in [0.4, 0.5) is 0 Å². The highest BCUT2D eigenvalue weighted by atomic mass is 35.5. The quantitative estimate of drug-likeness (QED) is 0.736. The average Bonchev–Trinajstić information content (AvgIpc) is 2.79. The molecule has 118 valence electrons. The summed E-state index contributed by atoms with van der Waals surface area (Å²) >= 11 is 11.6. The Morgan fingerprint density at radius 3 is 2.68 bits per heavy atom. The number of rotatable bonds is 6. The molecule has 2 aromatic rings. The zero-order valence-electron chi connectivity index (χ0n) is 12.8. The standard InChI is InChI=1S/C16H18Cl2N2O2/c1-10(2)9-22-15-5-4-13(17)7-12(15)8-20-11(3)6-14(19-20)16(18)21/h4-7,10H,8-9H2,1-3H3. The molecule has 1 aromatic carbocycles. The van der Waals surface area contributed by atoms with Gasteiger partial charge in [0.05, 0.1) is 13.2 Å². The fraction of sp³-hybridized carbons (Fsp3) is 0.375. The minimum atomic E-state index is -0.566. The molecule has 0 aliphatic rings. The van der Waals surface area contributed by atoms with E-state index in [2.05, 4.69) is 18.9 Å². The Balaban J connectivity index is 2.28. The molecule has 22 heavy (non-hydrogen) atoms. The van der Waals surface area contributed by atoms with Crippen molar-refractivity contribution in [2.45, 2.75) is 27.3 Å². The smallest absolute Gasteiger partial charge is 0.272 e. The summed E-state index contributed by atoms with van der Waals surface area (Å²) in [5.41, 5.74) is 2.00. The van der Waals surface area contributed by atoms with Gasteiger partial charge in [-0.3, -0.25) is 9.48 Å². The molecule has 0 spiro atoms. The van der Waals surface area contributed by atoms with Crippen molar-refractivity contribution in [3.05, 3.63) is 46.2 Å². The van der Waals surface area contributed by atoms with Gasteiger partial charge in [-0.25, -0.2) is 0 Å². The Bertz CT molecular complexity index is 681. The lowest BCUT2D eigenvalue weighted by Gasteiger charge is -2.14. The van der Waals surface area contributed by atoms with Crippen molar-refractivity contribution in [1.29, 1.82) is 0 Å². The molecule has 0 atom stereocenters. The molecule has 0 fully saturated rings. The highest BCUT2D eigenvalue weighted by Gasteiger charge is 2.13. The number of carbonyl (C=O) groups is 1. The third kappa shape index (κ3) is 4.24. The monoisotopic (exact) mass is 340 g/mol. The Morgan fingerprint density at radius 2 is 2.09 bits per heavy atom. The predicted octanol–water partition coefficient (Wildman–Crippen LogP) is 4.31. The molecule has 0 aliphatic carbocycles. The highest BCUT2D eigenvalue weighted by Crippen LogP contribution is 2.25. The van der Waals surface area contributed by atoms with Crippen LogP contribution in [0.2, 0.25) is 5.02 Å². The molecule has 1 aromatic heterocycles. The van der Waals surface area contributed by atoms with E-state index in [-0.39, 0.29) is 5.69 Å². The number of hydrogen-bond acceptors (Lipinski definition) is 3. The minimum absolute atomic E-state index is 0.242. The van der Waals surface area contributed by atoms with Crippen molar-refractivity contribution in [2.75, 3.05) is 6.61 Å². The topological polar surface area (TPSA) is 44.1 Å². The van der Waals surface area contributed by atoms with Crippen molar-refractivity contribution in [2.24, 2.45) is 5.92 Å². The Hall–Kier alpha value is -1.52. The van der Waals surface area contributed by atoms with E-state index in [1.165, 1.54) is 0 Å². The van der Waals surface area contributed by atoms with Gasteiger partial charge < -0.3 is 4.74 Å². The van der Waals surface area contributed by atoms with Gasteiger partial charge in [0.25, 0.3) is 5.24 Å². The van der Waals surface area contributed by atoms with Gasteiger partial charge >= 0.3 is 0 Å². The predicted molar refractivity (Wildman–Crippen MR) is 88.0 cm³/mol. The first kappa shape index (κ1) is 16.8. The molecule has 2 rings (SSSR count). The first-order valence-electron chi connectivity index (χ1n) is 7.02. The molecule has 0 aliphatic heterocycles. The van der Waals surface area contributed by atoms with Crippen LogP contribution in [0.3, 0.4) is 0 Å². The number of ether oxygens (including phenoxy) is 1. The second-order valence-corrected chi connectivity index (χ2v) is 6.34. The molecule has 0 unspecified atom stereocenters. The van der Waals surface area contributed by atoms with Crippen LogP contribution in [0, 0.1) is 12.8 Å². The molecule has 0 N–H and O–H groups in total. The number of aromatic nitrogens is 2. The largest absolute Gasteiger partial charge is 0.493 e. The lowest BCUT2D eigenvalue weighted by atomic mass is 10.2. The normalized spacial score (nSPS) is 11.0. The molecule has 0 saturated carbocycles. The van der Waals surface area contributed by atoms with E-state index in [0.29, 0.717) is 24.1 Å². The molecule has 1 heterocycles. The maximum absolute atomic E-state index is 11.2. The van der Waals surface area contributed by atoms with Crippen LogP contribution in [0.25, 0.3) is 0 Å². The maximum Gasteiger partial charge on any atom is 0.272 e. The third-order valence-electron chi connectivity index (χ3n) is 3.10. The average molecular weight is 341 g/mol. The molecule has 0 amide bonds. The minimum Gasteiger partial charge on any atom is -0.493 e. The van der Waals surface area contributed by atoms with E-state index in [9.17, 15) is 4.79 Å². The van der Waals surface area contributed by atoms with Crippen LogP contribution in [0.1, 0.15) is 35.6 Å². The molecule has 0 radical (unpaired) electrons. The molecule has 6 heteroatoms. The van der Waals surface area contributed by atoms with Gasteiger partial charge in [0.2, 0.25) is 0 Å². The summed E-state index contributed by atoms with van der Waals surface area (Å²) in [7, 11) is 0. The summed E-state index contributed by atoms with van der Waals surface area (Å²) in [6, 6.07) is 7.16. The molecular formula is C16H18Cl2N2O2. The van der Waals surface area contributed by atoms with E-state index < -0.39 is 5.24 Å². The van der Waals surface area contributed by atoms with Crippen LogP contribution in [-0.4, -0.2) is 21.6 Å². The summed E-state index contributed by atoms with van der Waals surface area (Å²) in [5, 5.41) is 4.27. The lowest BCUT2D eigenvalue weighted by Crippen LogP contribution is -2.09. The van der Waals surface area contributed by atoms with E-state index in [0.717, 1.165) is 17.0 Å². The molecule has 0 bridgehead atoms. The highest BCUT2D eigenvalue weighted by molar-refractivity contribution is 6.67.